The van der Waals surface area contributed by atoms with Gasteiger partial charge in [0.05, 0.1) is 25.3 Å². The lowest BCUT2D eigenvalue weighted by Gasteiger charge is -2.20. The van der Waals surface area contributed by atoms with Crippen molar-refractivity contribution in [3.63, 3.8) is 0 Å². The molecule has 0 aliphatic carbocycles. The predicted molar refractivity (Wildman–Crippen MR) is 128 cm³/mol. The molecule has 178 valence electrons. The van der Waals surface area contributed by atoms with E-state index in [9.17, 15) is 9.59 Å². The molecule has 0 radical (unpaired) electrons. The first-order valence-electron chi connectivity index (χ1n) is 10.7. The first-order valence-corrected chi connectivity index (χ1v) is 10.7. The second-order valence-corrected chi connectivity index (χ2v) is 7.64. The van der Waals surface area contributed by atoms with Crippen molar-refractivity contribution in [3.05, 3.63) is 82.9 Å². The minimum atomic E-state index is -0.810. The highest BCUT2D eigenvalue weighted by Crippen LogP contribution is 2.35. The molecule has 0 spiro atoms. The number of methoxy groups -OCH3 is 2. The fourth-order valence-electron chi connectivity index (χ4n) is 3.48. The number of carbonyl (C=O) groups is 2. The average molecular weight is 473 g/mol. The third-order valence-corrected chi connectivity index (χ3v) is 5.37. The second kappa shape index (κ2) is 10.2. The Labute approximate surface area is 201 Å². The lowest BCUT2D eigenvalue weighted by atomic mass is 10.1. The molecular formula is C26H23N3O6. The maximum atomic E-state index is 12.0. The van der Waals surface area contributed by atoms with Crippen LogP contribution in [0.2, 0.25) is 0 Å². The summed E-state index contributed by atoms with van der Waals surface area (Å²) in [6, 6.07) is 19.5. The maximum absolute atomic E-state index is 12.0. The van der Waals surface area contributed by atoms with Crippen LogP contribution in [0.1, 0.15) is 51.1 Å². The molecule has 0 saturated heterocycles. The van der Waals surface area contributed by atoms with E-state index in [2.05, 4.69) is 16.0 Å². The Kier molecular flexibility index (Phi) is 6.91. The molecule has 3 aromatic rings. The molecule has 2 atom stereocenters. The molecule has 1 aliphatic rings. The average Bonchev–Trinajstić information content (AvgIpc) is 2.88. The molecule has 1 heterocycles. The molecule has 35 heavy (non-hydrogen) atoms. The number of carbonyl (C=O) groups excluding carboxylic acids is 2. The lowest BCUT2D eigenvalue weighted by molar-refractivity contribution is 0.0592. The summed E-state index contributed by atoms with van der Waals surface area (Å²) in [7, 11) is 2.58. The fraction of sp³-hybridized carbons (Fsp3) is 0.192. The van der Waals surface area contributed by atoms with Crippen LogP contribution in [-0.4, -0.2) is 32.2 Å². The van der Waals surface area contributed by atoms with Gasteiger partial charge in [-0.15, -0.1) is 0 Å². The second-order valence-electron chi connectivity index (χ2n) is 7.64. The zero-order valence-corrected chi connectivity index (χ0v) is 19.3. The fourth-order valence-corrected chi connectivity index (χ4v) is 3.48. The van der Waals surface area contributed by atoms with E-state index < -0.39 is 18.2 Å². The zero-order valence-electron chi connectivity index (χ0n) is 19.3. The molecule has 9 nitrogen and oxygen atoms in total. The summed E-state index contributed by atoms with van der Waals surface area (Å²) in [6.45, 7) is 1.89. The summed E-state index contributed by atoms with van der Waals surface area (Å²) in [5, 5.41) is 0. The van der Waals surface area contributed by atoms with Gasteiger partial charge in [-0.05, 0) is 55.0 Å². The van der Waals surface area contributed by atoms with Crippen LogP contribution in [0.4, 0.5) is 11.4 Å². The Morgan fingerprint density at radius 2 is 1.37 bits per heavy atom. The van der Waals surface area contributed by atoms with Gasteiger partial charge in [-0.3, -0.25) is 5.73 Å². The predicted octanol–water partition coefficient (Wildman–Crippen LogP) is 4.89. The van der Waals surface area contributed by atoms with Crippen LogP contribution in [0.15, 0.2) is 70.6 Å². The van der Waals surface area contributed by atoms with Crippen molar-refractivity contribution in [3.8, 4) is 11.5 Å². The maximum Gasteiger partial charge on any atom is 0.337 e. The number of hydrogen-bond donors (Lipinski definition) is 1. The van der Waals surface area contributed by atoms with Crippen LogP contribution in [0.3, 0.4) is 0 Å². The van der Waals surface area contributed by atoms with Gasteiger partial charge < -0.3 is 18.9 Å². The highest BCUT2D eigenvalue weighted by Gasteiger charge is 2.18. The van der Waals surface area contributed by atoms with E-state index in [1.807, 2.05) is 31.2 Å². The van der Waals surface area contributed by atoms with Gasteiger partial charge in [-0.2, -0.15) is 9.98 Å². The summed E-state index contributed by atoms with van der Waals surface area (Å²) < 4.78 is 21.7. The van der Waals surface area contributed by atoms with Gasteiger partial charge in [0.15, 0.2) is 6.23 Å². The molecule has 1 aliphatic heterocycles. The molecule has 2 bridgehead atoms. The lowest BCUT2D eigenvalue weighted by Crippen LogP contribution is -2.18. The third-order valence-electron chi connectivity index (χ3n) is 5.37. The van der Waals surface area contributed by atoms with E-state index in [4.69, 9.17) is 24.7 Å². The smallest absolute Gasteiger partial charge is 0.337 e. The number of benzene rings is 3. The number of fused-ring (bicyclic) bond motifs is 4. The van der Waals surface area contributed by atoms with Gasteiger partial charge >= 0.3 is 11.9 Å². The quantitative estimate of drug-likeness (QED) is 0.526. The van der Waals surface area contributed by atoms with E-state index in [-0.39, 0.29) is 17.4 Å². The highest BCUT2D eigenvalue weighted by molar-refractivity contribution is 5.92. The number of hydrogen-bond acceptors (Lipinski definition) is 9. The van der Waals surface area contributed by atoms with Crippen molar-refractivity contribution in [2.24, 2.45) is 15.7 Å². The largest absolute Gasteiger partial charge is 0.484 e. The summed E-state index contributed by atoms with van der Waals surface area (Å²) in [5.41, 5.74) is 9.05. The van der Waals surface area contributed by atoms with E-state index in [0.29, 0.717) is 22.7 Å². The molecule has 0 amide bonds. The van der Waals surface area contributed by atoms with Crippen LogP contribution in [0.25, 0.3) is 0 Å². The van der Waals surface area contributed by atoms with Crippen LogP contribution in [0.5, 0.6) is 11.5 Å². The molecule has 2 unspecified atom stereocenters. The number of nitrogens with zero attached hydrogens (tertiary/aromatic N) is 2. The van der Waals surface area contributed by atoms with Gasteiger partial charge in [0, 0.05) is 5.56 Å². The zero-order chi connectivity index (χ0) is 24.9. The minimum Gasteiger partial charge on any atom is -0.484 e. The number of ether oxygens (including phenoxy) is 4. The highest BCUT2D eigenvalue weighted by atomic mass is 16.5. The SMILES string of the molecule is COC(=O)c1ccc2c(c1)N=C=Nc1cc(C(=O)OC)ccc1OC(N)c1cccc(c1)C(C)O2. The van der Waals surface area contributed by atoms with Gasteiger partial charge in [0.25, 0.3) is 0 Å². The molecule has 2 N–H and O–H groups in total. The summed E-state index contributed by atoms with van der Waals surface area (Å²) in [4.78, 5) is 32.6. The van der Waals surface area contributed by atoms with Gasteiger partial charge in [0.1, 0.15) is 35.0 Å². The Morgan fingerprint density at radius 1 is 0.829 bits per heavy atom. The normalized spacial score (nSPS) is 16.6. The summed E-state index contributed by atoms with van der Waals surface area (Å²) >= 11 is 0. The Bertz CT molecular complexity index is 1250. The van der Waals surface area contributed by atoms with Crippen molar-refractivity contribution < 1.29 is 28.5 Å². The Hall–Kier alpha value is -4.46. The van der Waals surface area contributed by atoms with Crippen molar-refractivity contribution in [2.45, 2.75) is 19.3 Å². The monoisotopic (exact) mass is 473 g/mol. The molecule has 4 rings (SSSR count). The molecule has 0 saturated carbocycles. The molecule has 0 fully saturated rings. The molecule has 9 heteroatoms. The van der Waals surface area contributed by atoms with Crippen LogP contribution in [-0.2, 0) is 9.47 Å². The van der Waals surface area contributed by atoms with E-state index in [1.165, 1.54) is 26.4 Å². The third kappa shape index (κ3) is 5.22. The van der Waals surface area contributed by atoms with Crippen LogP contribution >= 0.6 is 0 Å². The standard InChI is InChI=1S/C26H23N3O6/c1-15-16-5-4-6-17(11-16)24(27)35-23-10-8-19(26(31)33-3)13-21(23)29-14-28-20-12-18(25(30)32-2)7-9-22(20)34-15/h4-13,15,24H,27H2,1-3H3. The number of esters is 2. The Morgan fingerprint density at radius 3 is 1.94 bits per heavy atom. The number of rotatable bonds is 2. The topological polar surface area (TPSA) is 122 Å². The van der Waals surface area contributed by atoms with Crippen molar-refractivity contribution in [1.82, 2.24) is 0 Å². The summed E-state index contributed by atoms with van der Waals surface area (Å²) in [5.74, 6) is -0.315. The van der Waals surface area contributed by atoms with Crippen LogP contribution < -0.4 is 15.2 Å². The molecule has 0 aromatic heterocycles. The number of nitrogens with two attached hydrogens (primary N) is 1. The van der Waals surface area contributed by atoms with E-state index in [0.717, 1.165) is 11.1 Å². The van der Waals surface area contributed by atoms with Crippen molar-refractivity contribution >= 4 is 29.3 Å². The van der Waals surface area contributed by atoms with Gasteiger partial charge in [-0.1, -0.05) is 18.2 Å². The first kappa shape index (κ1) is 23.7. The van der Waals surface area contributed by atoms with E-state index >= 15 is 0 Å². The summed E-state index contributed by atoms with van der Waals surface area (Å²) in [6.07, 6.45) is -1.18. The van der Waals surface area contributed by atoms with Crippen LogP contribution in [0, 0.1) is 0 Å². The molecular weight excluding hydrogens is 450 g/mol. The first-order chi connectivity index (χ1) is 16.9. The Balaban J connectivity index is 1.89. The van der Waals surface area contributed by atoms with Crippen molar-refractivity contribution in [2.75, 3.05) is 14.2 Å². The number of aliphatic imine (C=N–C) groups is 2. The molecule has 3 aromatic carbocycles. The van der Waals surface area contributed by atoms with E-state index in [1.54, 1.807) is 24.3 Å². The van der Waals surface area contributed by atoms with Gasteiger partial charge in [0.2, 0.25) is 0 Å². The minimum absolute atomic E-state index is 0.264. The van der Waals surface area contributed by atoms with Crippen molar-refractivity contribution in [1.29, 1.82) is 0 Å². The van der Waals surface area contributed by atoms with Gasteiger partial charge in [-0.25, -0.2) is 9.59 Å².